The summed E-state index contributed by atoms with van der Waals surface area (Å²) in [5.74, 6) is 0.746. The molecule has 0 spiro atoms. The fourth-order valence-electron chi connectivity index (χ4n) is 1.38. The molecule has 0 bridgehead atoms. The van der Waals surface area contributed by atoms with Crippen molar-refractivity contribution in [1.82, 2.24) is 4.98 Å². The number of thiazole rings is 1. The minimum absolute atomic E-state index is 0.612. The van der Waals surface area contributed by atoms with E-state index in [1.807, 2.05) is 36.6 Å². The number of benzene rings is 1. The number of ether oxygens (including phenoxy) is 1. The van der Waals surface area contributed by atoms with Gasteiger partial charge >= 0.3 is 0 Å². The van der Waals surface area contributed by atoms with Crippen molar-refractivity contribution >= 4 is 17.0 Å². The molecule has 0 aliphatic carbocycles. The second kappa shape index (κ2) is 4.99. The van der Waals surface area contributed by atoms with Crippen molar-refractivity contribution in [3.8, 4) is 5.75 Å². The van der Waals surface area contributed by atoms with Crippen molar-refractivity contribution < 1.29 is 4.74 Å². The summed E-state index contributed by atoms with van der Waals surface area (Å²) in [5, 5.41) is 3.15. The van der Waals surface area contributed by atoms with E-state index in [0.29, 0.717) is 12.3 Å². The van der Waals surface area contributed by atoms with Crippen LogP contribution in [0.1, 0.15) is 10.7 Å². The average molecular weight is 234 g/mol. The highest BCUT2D eigenvalue weighted by atomic mass is 32.1. The van der Waals surface area contributed by atoms with E-state index in [9.17, 15) is 0 Å². The van der Waals surface area contributed by atoms with E-state index in [-0.39, 0.29) is 0 Å². The lowest BCUT2D eigenvalue weighted by molar-refractivity contribution is 0.323. The van der Waals surface area contributed by atoms with Crippen LogP contribution in [0, 0.1) is 6.92 Å². The topological polar surface area (TPSA) is 48.1 Å². The van der Waals surface area contributed by atoms with Crippen molar-refractivity contribution in [2.75, 3.05) is 12.3 Å². The quantitative estimate of drug-likeness (QED) is 0.827. The molecule has 2 aromatic rings. The fraction of sp³-hybridized carbons (Fsp3) is 0.250. The Kier molecular flexibility index (Phi) is 3.41. The van der Waals surface area contributed by atoms with Crippen LogP contribution in [-0.4, -0.2) is 11.6 Å². The van der Waals surface area contributed by atoms with Gasteiger partial charge in [0.05, 0.1) is 17.3 Å². The standard InChI is InChI=1S/C12H14N2OS/c1-9-8-16-12(14-9)6-7-15-11-5-3-2-4-10(11)13/h2-5,8H,6-7,13H2,1H3. The molecule has 0 unspecified atom stereocenters. The lowest BCUT2D eigenvalue weighted by atomic mass is 10.3. The molecular weight excluding hydrogens is 220 g/mol. The molecule has 0 radical (unpaired) electrons. The van der Waals surface area contributed by atoms with Gasteiger partial charge in [0, 0.05) is 17.5 Å². The molecule has 0 amide bonds. The Morgan fingerprint density at radius 3 is 2.88 bits per heavy atom. The first kappa shape index (κ1) is 11.0. The third-order valence-electron chi connectivity index (χ3n) is 2.16. The summed E-state index contributed by atoms with van der Waals surface area (Å²) in [4.78, 5) is 4.37. The summed E-state index contributed by atoms with van der Waals surface area (Å²) >= 11 is 1.67. The molecule has 16 heavy (non-hydrogen) atoms. The second-order valence-electron chi connectivity index (χ2n) is 3.52. The van der Waals surface area contributed by atoms with Gasteiger partial charge in [-0.15, -0.1) is 11.3 Å². The molecule has 0 saturated heterocycles. The van der Waals surface area contributed by atoms with Crippen LogP contribution >= 0.6 is 11.3 Å². The Balaban J connectivity index is 1.87. The maximum absolute atomic E-state index is 5.77. The first-order valence-corrected chi connectivity index (χ1v) is 6.02. The van der Waals surface area contributed by atoms with Crippen LogP contribution < -0.4 is 10.5 Å². The molecule has 0 saturated carbocycles. The molecule has 0 aliphatic rings. The fourth-order valence-corrected chi connectivity index (χ4v) is 2.13. The molecule has 0 atom stereocenters. The zero-order valence-electron chi connectivity index (χ0n) is 9.14. The Morgan fingerprint density at radius 1 is 1.38 bits per heavy atom. The number of hydrogen-bond donors (Lipinski definition) is 1. The number of rotatable bonds is 4. The highest BCUT2D eigenvalue weighted by Gasteiger charge is 2.01. The Hall–Kier alpha value is -1.55. The summed E-state index contributed by atoms with van der Waals surface area (Å²) in [5.41, 5.74) is 7.51. The maximum atomic E-state index is 5.77. The minimum atomic E-state index is 0.612. The number of para-hydroxylation sites is 2. The third kappa shape index (κ3) is 2.73. The van der Waals surface area contributed by atoms with E-state index in [0.717, 1.165) is 22.9 Å². The summed E-state index contributed by atoms with van der Waals surface area (Å²) in [6.07, 6.45) is 0.826. The Labute approximate surface area is 98.9 Å². The second-order valence-corrected chi connectivity index (χ2v) is 4.46. The van der Waals surface area contributed by atoms with Gasteiger partial charge in [-0.1, -0.05) is 12.1 Å². The largest absolute Gasteiger partial charge is 0.491 e. The average Bonchev–Trinajstić information content (AvgIpc) is 2.67. The number of aryl methyl sites for hydroxylation is 1. The molecule has 84 valence electrons. The van der Waals surface area contributed by atoms with E-state index >= 15 is 0 Å². The summed E-state index contributed by atoms with van der Waals surface area (Å²) in [6.45, 7) is 2.61. The third-order valence-corrected chi connectivity index (χ3v) is 3.19. The predicted octanol–water partition coefficient (Wildman–Crippen LogP) is 2.66. The monoisotopic (exact) mass is 234 g/mol. The molecule has 0 aliphatic heterocycles. The molecular formula is C12H14N2OS. The van der Waals surface area contributed by atoms with Gasteiger partial charge in [0.15, 0.2) is 0 Å². The predicted molar refractivity (Wildman–Crippen MR) is 66.9 cm³/mol. The molecule has 2 N–H and O–H groups in total. The first-order valence-electron chi connectivity index (χ1n) is 5.14. The van der Waals surface area contributed by atoms with Gasteiger partial charge in [0.1, 0.15) is 5.75 Å². The number of aromatic nitrogens is 1. The van der Waals surface area contributed by atoms with Crippen LogP contribution in [0.25, 0.3) is 0 Å². The van der Waals surface area contributed by atoms with Gasteiger partial charge in [-0.2, -0.15) is 0 Å². The lowest BCUT2D eigenvalue weighted by Gasteiger charge is -2.06. The zero-order chi connectivity index (χ0) is 11.4. The van der Waals surface area contributed by atoms with Gasteiger partial charge in [-0.3, -0.25) is 0 Å². The molecule has 3 nitrogen and oxygen atoms in total. The van der Waals surface area contributed by atoms with E-state index < -0.39 is 0 Å². The SMILES string of the molecule is Cc1csc(CCOc2ccccc2N)n1. The van der Waals surface area contributed by atoms with Crippen LogP contribution in [0.5, 0.6) is 5.75 Å². The van der Waals surface area contributed by atoms with Crippen LogP contribution in [0.3, 0.4) is 0 Å². The number of nitrogens with two attached hydrogens (primary N) is 1. The Bertz CT molecular complexity index is 468. The minimum Gasteiger partial charge on any atom is -0.491 e. The molecule has 0 fully saturated rings. The smallest absolute Gasteiger partial charge is 0.142 e. The van der Waals surface area contributed by atoms with Crippen LogP contribution in [0.4, 0.5) is 5.69 Å². The van der Waals surface area contributed by atoms with E-state index in [1.165, 1.54) is 0 Å². The van der Waals surface area contributed by atoms with Gasteiger partial charge in [-0.05, 0) is 19.1 Å². The van der Waals surface area contributed by atoms with E-state index in [4.69, 9.17) is 10.5 Å². The molecule has 4 heteroatoms. The van der Waals surface area contributed by atoms with Crippen LogP contribution in [-0.2, 0) is 6.42 Å². The zero-order valence-corrected chi connectivity index (χ0v) is 9.96. The lowest BCUT2D eigenvalue weighted by Crippen LogP contribution is -2.03. The summed E-state index contributed by atoms with van der Waals surface area (Å²) in [6, 6.07) is 7.52. The highest BCUT2D eigenvalue weighted by molar-refractivity contribution is 7.09. The van der Waals surface area contributed by atoms with Gasteiger partial charge in [-0.25, -0.2) is 4.98 Å². The van der Waals surface area contributed by atoms with Crippen molar-refractivity contribution in [2.24, 2.45) is 0 Å². The number of nitrogens with zero attached hydrogens (tertiary/aromatic N) is 1. The summed E-state index contributed by atoms with van der Waals surface area (Å²) < 4.78 is 5.59. The maximum Gasteiger partial charge on any atom is 0.142 e. The number of hydrogen-bond acceptors (Lipinski definition) is 4. The molecule has 1 aromatic carbocycles. The van der Waals surface area contributed by atoms with Crippen molar-refractivity contribution in [1.29, 1.82) is 0 Å². The first-order chi connectivity index (χ1) is 7.75. The van der Waals surface area contributed by atoms with Crippen molar-refractivity contribution in [2.45, 2.75) is 13.3 Å². The molecule has 1 heterocycles. The molecule has 2 rings (SSSR count). The normalized spacial score (nSPS) is 10.3. The summed E-state index contributed by atoms with van der Waals surface area (Å²) in [7, 11) is 0. The van der Waals surface area contributed by atoms with Crippen LogP contribution in [0.15, 0.2) is 29.6 Å². The van der Waals surface area contributed by atoms with Crippen LogP contribution in [0.2, 0.25) is 0 Å². The van der Waals surface area contributed by atoms with Gasteiger partial charge in [0.25, 0.3) is 0 Å². The molecule has 1 aromatic heterocycles. The van der Waals surface area contributed by atoms with E-state index in [2.05, 4.69) is 4.98 Å². The Morgan fingerprint density at radius 2 is 2.19 bits per heavy atom. The highest BCUT2D eigenvalue weighted by Crippen LogP contribution is 2.20. The number of nitrogen functional groups attached to an aromatic ring is 1. The van der Waals surface area contributed by atoms with Gasteiger partial charge in [0.2, 0.25) is 0 Å². The van der Waals surface area contributed by atoms with Gasteiger partial charge < -0.3 is 10.5 Å². The van der Waals surface area contributed by atoms with Crippen molar-refractivity contribution in [3.05, 3.63) is 40.3 Å². The number of anilines is 1. The van der Waals surface area contributed by atoms with Crippen molar-refractivity contribution in [3.63, 3.8) is 0 Å². The van der Waals surface area contributed by atoms with E-state index in [1.54, 1.807) is 11.3 Å².